The first kappa shape index (κ1) is 14.4. The Morgan fingerprint density at radius 1 is 1.00 bits per heavy atom. The van der Waals surface area contributed by atoms with Crippen molar-refractivity contribution in [1.29, 1.82) is 0 Å². The van der Waals surface area contributed by atoms with Gasteiger partial charge in [-0.2, -0.15) is 0 Å². The van der Waals surface area contributed by atoms with Crippen LogP contribution in [0, 0.1) is 20.8 Å². The van der Waals surface area contributed by atoms with Crippen molar-refractivity contribution in [3.05, 3.63) is 62.1 Å². The van der Waals surface area contributed by atoms with Crippen molar-refractivity contribution in [2.45, 2.75) is 27.3 Å². The Kier molecular flexibility index (Phi) is 4.54. The molecule has 0 saturated heterocycles. The summed E-state index contributed by atoms with van der Waals surface area (Å²) in [4.78, 5) is 0. The highest BCUT2D eigenvalue weighted by Crippen LogP contribution is 2.27. The molecule has 0 spiro atoms. The van der Waals surface area contributed by atoms with E-state index < -0.39 is 0 Å². The summed E-state index contributed by atoms with van der Waals surface area (Å²) in [6.07, 6.45) is 0. The molecule has 2 aromatic rings. The Bertz CT molecular complexity index is 608. The summed E-state index contributed by atoms with van der Waals surface area (Å²) in [5, 5.41) is 4.16. The zero-order valence-electron chi connectivity index (χ0n) is 11.3. The normalized spacial score (nSPS) is 10.6. The summed E-state index contributed by atoms with van der Waals surface area (Å²) in [6.45, 7) is 7.24. The Balaban J connectivity index is 2.19. The second-order valence-corrected chi connectivity index (χ2v) is 6.13. The average Bonchev–Trinajstić information content (AvgIpc) is 2.36. The number of nitrogens with one attached hydrogen (secondary N) is 1. The number of anilines is 1. The van der Waals surface area contributed by atoms with Crippen LogP contribution in [0.15, 0.2) is 34.8 Å². The SMILES string of the molecule is Cc1cc(C)c(CNc2cc(Cl)ccc2Br)cc1C. The molecule has 0 aromatic heterocycles. The molecule has 2 aromatic carbocycles. The fourth-order valence-corrected chi connectivity index (χ4v) is 2.59. The van der Waals surface area contributed by atoms with E-state index in [4.69, 9.17) is 11.6 Å². The molecule has 3 heteroatoms. The quantitative estimate of drug-likeness (QED) is 0.763. The first-order valence-corrected chi connectivity index (χ1v) is 7.40. The number of hydrogen-bond acceptors (Lipinski definition) is 1. The van der Waals surface area contributed by atoms with Crippen molar-refractivity contribution in [1.82, 2.24) is 0 Å². The predicted octanol–water partition coefficient (Wildman–Crippen LogP) is 5.64. The average molecular weight is 339 g/mol. The predicted molar refractivity (Wildman–Crippen MR) is 87.1 cm³/mol. The molecule has 0 unspecified atom stereocenters. The van der Waals surface area contributed by atoms with Crippen LogP contribution in [0.1, 0.15) is 22.3 Å². The fourth-order valence-electron chi connectivity index (χ4n) is 2.03. The van der Waals surface area contributed by atoms with Gasteiger partial charge >= 0.3 is 0 Å². The highest BCUT2D eigenvalue weighted by atomic mass is 79.9. The van der Waals surface area contributed by atoms with Gasteiger partial charge in [0.1, 0.15) is 0 Å². The Morgan fingerprint density at radius 2 is 1.68 bits per heavy atom. The number of hydrogen-bond donors (Lipinski definition) is 1. The molecule has 1 nitrogen and oxygen atoms in total. The third-order valence-electron chi connectivity index (χ3n) is 3.35. The van der Waals surface area contributed by atoms with Crippen molar-refractivity contribution in [3.63, 3.8) is 0 Å². The topological polar surface area (TPSA) is 12.0 Å². The number of benzene rings is 2. The monoisotopic (exact) mass is 337 g/mol. The van der Waals surface area contributed by atoms with E-state index in [-0.39, 0.29) is 0 Å². The van der Waals surface area contributed by atoms with Crippen LogP contribution in [0.2, 0.25) is 5.02 Å². The summed E-state index contributed by atoms with van der Waals surface area (Å²) in [6, 6.07) is 10.2. The van der Waals surface area contributed by atoms with Gasteiger partial charge in [-0.3, -0.25) is 0 Å². The summed E-state index contributed by atoms with van der Waals surface area (Å²) in [5.41, 5.74) is 6.31. The summed E-state index contributed by atoms with van der Waals surface area (Å²) >= 11 is 9.54. The van der Waals surface area contributed by atoms with Crippen LogP contribution >= 0.6 is 27.5 Å². The maximum atomic E-state index is 6.02. The van der Waals surface area contributed by atoms with Gasteiger partial charge in [0.25, 0.3) is 0 Å². The lowest BCUT2D eigenvalue weighted by Gasteiger charge is -2.13. The summed E-state index contributed by atoms with van der Waals surface area (Å²) in [5.74, 6) is 0. The molecule has 0 amide bonds. The van der Waals surface area contributed by atoms with Crippen molar-refractivity contribution in [2.75, 3.05) is 5.32 Å². The van der Waals surface area contributed by atoms with Crippen LogP contribution in [0.25, 0.3) is 0 Å². The van der Waals surface area contributed by atoms with E-state index in [2.05, 4.69) is 54.2 Å². The molecule has 0 saturated carbocycles. The van der Waals surface area contributed by atoms with Gasteiger partial charge in [0.2, 0.25) is 0 Å². The van der Waals surface area contributed by atoms with E-state index in [0.29, 0.717) is 0 Å². The molecule has 0 aliphatic rings. The molecular weight excluding hydrogens is 322 g/mol. The van der Waals surface area contributed by atoms with Crippen LogP contribution in [-0.4, -0.2) is 0 Å². The van der Waals surface area contributed by atoms with Crippen LogP contribution in [0.4, 0.5) is 5.69 Å². The standard InChI is InChI=1S/C16H17BrClN/c1-10-6-12(3)13(7-11(10)2)9-19-16-8-14(18)4-5-15(16)17/h4-8,19H,9H2,1-3H3. The first-order valence-electron chi connectivity index (χ1n) is 6.23. The zero-order valence-corrected chi connectivity index (χ0v) is 13.7. The lowest BCUT2D eigenvalue weighted by Crippen LogP contribution is -2.03. The molecule has 0 aliphatic carbocycles. The maximum absolute atomic E-state index is 6.02. The number of rotatable bonds is 3. The molecule has 0 fully saturated rings. The van der Waals surface area contributed by atoms with E-state index in [9.17, 15) is 0 Å². The van der Waals surface area contributed by atoms with Gasteiger partial charge in [-0.1, -0.05) is 23.7 Å². The highest BCUT2D eigenvalue weighted by Gasteiger charge is 2.04. The van der Waals surface area contributed by atoms with Gasteiger partial charge in [-0.05, 0) is 77.2 Å². The molecule has 0 aliphatic heterocycles. The van der Waals surface area contributed by atoms with Gasteiger partial charge in [-0.25, -0.2) is 0 Å². The lowest BCUT2D eigenvalue weighted by atomic mass is 10.0. The minimum Gasteiger partial charge on any atom is -0.380 e. The van der Waals surface area contributed by atoms with Gasteiger partial charge in [0, 0.05) is 16.0 Å². The second-order valence-electron chi connectivity index (χ2n) is 4.84. The van der Waals surface area contributed by atoms with Gasteiger partial charge in [-0.15, -0.1) is 0 Å². The number of aryl methyl sites for hydroxylation is 3. The van der Waals surface area contributed by atoms with Crippen molar-refractivity contribution in [3.8, 4) is 0 Å². The summed E-state index contributed by atoms with van der Waals surface area (Å²) in [7, 11) is 0. The van der Waals surface area contributed by atoms with E-state index in [1.807, 2.05) is 18.2 Å². The van der Waals surface area contributed by atoms with Crippen molar-refractivity contribution >= 4 is 33.2 Å². The summed E-state index contributed by atoms with van der Waals surface area (Å²) < 4.78 is 1.03. The molecule has 0 bridgehead atoms. The fraction of sp³-hybridized carbons (Fsp3) is 0.250. The molecule has 0 radical (unpaired) electrons. The van der Waals surface area contributed by atoms with Crippen LogP contribution in [0.5, 0.6) is 0 Å². The minimum absolute atomic E-state index is 0.738. The van der Waals surface area contributed by atoms with Crippen LogP contribution in [-0.2, 0) is 6.54 Å². The largest absolute Gasteiger partial charge is 0.380 e. The van der Waals surface area contributed by atoms with Crippen molar-refractivity contribution < 1.29 is 0 Å². The smallest absolute Gasteiger partial charge is 0.0502 e. The molecule has 0 heterocycles. The Labute approximate surface area is 128 Å². The molecule has 2 rings (SSSR count). The lowest BCUT2D eigenvalue weighted by molar-refractivity contribution is 1.10. The van der Waals surface area contributed by atoms with Crippen LogP contribution < -0.4 is 5.32 Å². The first-order chi connectivity index (χ1) is 8.97. The third-order valence-corrected chi connectivity index (χ3v) is 4.28. The molecule has 19 heavy (non-hydrogen) atoms. The van der Waals surface area contributed by atoms with Gasteiger partial charge < -0.3 is 5.32 Å². The Hall–Kier alpha value is -0.990. The highest BCUT2D eigenvalue weighted by molar-refractivity contribution is 9.10. The second kappa shape index (κ2) is 5.98. The maximum Gasteiger partial charge on any atom is 0.0502 e. The molecule has 100 valence electrons. The van der Waals surface area contributed by atoms with Gasteiger partial charge in [0.15, 0.2) is 0 Å². The molecular formula is C16H17BrClN. The Morgan fingerprint density at radius 3 is 2.42 bits per heavy atom. The van der Waals surface area contributed by atoms with E-state index >= 15 is 0 Å². The van der Waals surface area contributed by atoms with Crippen molar-refractivity contribution in [2.24, 2.45) is 0 Å². The van der Waals surface area contributed by atoms with Crippen LogP contribution in [0.3, 0.4) is 0 Å². The minimum atomic E-state index is 0.738. The molecule has 1 N–H and O–H groups in total. The third kappa shape index (κ3) is 3.52. The number of halogens is 2. The van der Waals surface area contributed by atoms with E-state index in [0.717, 1.165) is 21.7 Å². The van der Waals surface area contributed by atoms with E-state index in [1.54, 1.807) is 0 Å². The zero-order chi connectivity index (χ0) is 14.0. The molecule has 0 atom stereocenters. The van der Waals surface area contributed by atoms with Gasteiger partial charge in [0.05, 0.1) is 5.69 Å². The van der Waals surface area contributed by atoms with E-state index in [1.165, 1.54) is 22.3 Å².